The number of allylic oxidation sites excluding steroid dienone is 1. The number of benzene rings is 1. The Bertz CT molecular complexity index is 575. The van der Waals surface area contributed by atoms with Gasteiger partial charge in [0.1, 0.15) is 0 Å². The number of nitrogens with zero attached hydrogens (tertiary/aromatic N) is 1. The lowest BCUT2D eigenvalue weighted by atomic mass is 10.0. The predicted octanol–water partition coefficient (Wildman–Crippen LogP) is 4.09. The van der Waals surface area contributed by atoms with Gasteiger partial charge in [-0.15, -0.1) is 0 Å². The molecule has 0 N–H and O–H groups in total. The van der Waals surface area contributed by atoms with Crippen LogP contribution in [0.5, 0.6) is 0 Å². The van der Waals surface area contributed by atoms with Crippen molar-refractivity contribution < 1.29 is 9.35 Å². The van der Waals surface area contributed by atoms with E-state index in [0.717, 1.165) is 17.2 Å². The second kappa shape index (κ2) is 5.34. The molecule has 0 bridgehead atoms. The molecule has 4 nitrogen and oxygen atoms in total. The van der Waals surface area contributed by atoms with Gasteiger partial charge in [0.2, 0.25) is 8.32 Å². The van der Waals surface area contributed by atoms with Crippen LogP contribution in [0.2, 0.25) is 13.1 Å². The number of hydrogen-bond donors (Lipinski definition) is 0. The summed E-state index contributed by atoms with van der Waals surface area (Å²) in [6.45, 7) is 10.6. The van der Waals surface area contributed by atoms with Crippen LogP contribution >= 0.6 is 0 Å². The second-order valence-corrected chi connectivity index (χ2v) is 9.50. The van der Waals surface area contributed by atoms with E-state index < -0.39 is 8.32 Å². The number of nitro benzene ring substituents is 1. The van der Waals surface area contributed by atoms with E-state index in [2.05, 4.69) is 32.7 Å². The monoisotopic (exact) mass is 289 g/mol. The van der Waals surface area contributed by atoms with Crippen LogP contribution in [0.1, 0.15) is 18.9 Å². The fourth-order valence-electron chi connectivity index (χ4n) is 2.47. The van der Waals surface area contributed by atoms with Gasteiger partial charge in [0.05, 0.1) is 4.92 Å². The molecule has 0 aliphatic carbocycles. The van der Waals surface area contributed by atoms with Crippen LogP contribution in [-0.2, 0) is 4.43 Å². The zero-order valence-electron chi connectivity index (χ0n) is 12.1. The van der Waals surface area contributed by atoms with E-state index in [-0.39, 0.29) is 16.7 Å². The van der Waals surface area contributed by atoms with Crippen molar-refractivity contribution in [3.8, 4) is 0 Å². The molecule has 2 rings (SSSR count). The number of nitro groups is 1. The fourth-order valence-corrected chi connectivity index (χ4v) is 4.65. The molecule has 5 heteroatoms. The van der Waals surface area contributed by atoms with Gasteiger partial charge in [-0.25, -0.2) is 0 Å². The van der Waals surface area contributed by atoms with Gasteiger partial charge in [-0.2, -0.15) is 0 Å². The molecule has 0 radical (unpaired) electrons. The first-order chi connectivity index (χ1) is 9.29. The van der Waals surface area contributed by atoms with Crippen molar-refractivity contribution in [3.05, 3.63) is 57.3 Å². The SMILES string of the molecule is C=C1/C(=C\c2ccc([N+](=O)[O-])cc2)CC(C)O[Si]1(C)C. The van der Waals surface area contributed by atoms with Crippen LogP contribution in [-0.4, -0.2) is 19.3 Å². The summed E-state index contributed by atoms with van der Waals surface area (Å²) in [6, 6.07) is 6.60. The third kappa shape index (κ3) is 3.05. The van der Waals surface area contributed by atoms with Crippen molar-refractivity contribution in [1.82, 2.24) is 0 Å². The van der Waals surface area contributed by atoms with E-state index >= 15 is 0 Å². The molecule has 1 unspecified atom stereocenters. The Morgan fingerprint density at radius 1 is 1.40 bits per heavy atom. The molecule has 0 spiro atoms. The zero-order valence-corrected chi connectivity index (χ0v) is 13.1. The first kappa shape index (κ1) is 14.7. The summed E-state index contributed by atoms with van der Waals surface area (Å²) < 4.78 is 6.01. The molecule has 20 heavy (non-hydrogen) atoms. The largest absolute Gasteiger partial charge is 0.410 e. The van der Waals surface area contributed by atoms with E-state index in [1.165, 1.54) is 17.7 Å². The van der Waals surface area contributed by atoms with Crippen molar-refractivity contribution in [1.29, 1.82) is 0 Å². The molecular formula is C15H19NO3Si. The van der Waals surface area contributed by atoms with Gasteiger partial charge in [-0.1, -0.05) is 12.7 Å². The molecule has 1 aromatic carbocycles. The average molecular weight is 289 g/mol. The maximum atomic E-state index is 10.6. The highest BCUT2D eigenvalue weighted by Gasteiger charge is 2.35. The minimum Gasteiger partial charge on any atom is -0.410 e. The summed E-state index contributed by atoms with van der Waals surface area (Å²) in [6.07, 6.45) is 3.11. The number of non-ortho nitro benzene ring substituents is 1. The van der Waals surface area contributed by atoms with E-state index in [4.69, 9.17) is 4.43 Å². The lowest BCUT2D eigenvalue weighted by Crippen LogP contribution is -2.42. The van der Waals surface area contributed by atoms with Crippen LogP contribution in [0.3, 0.4) is 0 Å². The van der Waals surface area contributed by atoms with Crippen molar-refractivity contribution in [2.75, 3.05) is 0 Å². The van der Waals surface area contributed by atoms with Gasteiger partial charge in [-0.3, -0.25) is 10.1 Å². The summed E-state index contributed by atoms with van der Waals surface area (Å²) in [4.78, 5) is 10.3. The smallest absolute Gasteiger partial charge is 0.269 e. The van der Waals surface area contributed by atoms with Crippen LogP contribution in [0.4, 0.5) is 5.69 Å². The Hall–Kier alpha value is -1.72. The third-order valence-corrected chi connectivity index (χ3v) is 6.33. The Balaban J connectivity index is 2.29. The number of rotatable bonds is 2. The minimum absolute atomic E-state index is 0.112. The molecule has 1 aromatic rings. The Morgan fingerprint density at radius 2 is 2.00 bits per heavy atom. The summed E-state index contributed by atoms with van der Waals surface area (Å²) in [5, 5.41) is 11.8. The maximum Gasteiger partial charge on any atom is 0.269 e. The lowest BCUT2D eigenvalue weighted by molar-refractivity contribution is -0.384. The van der Waals surface area contributed by atoms with Crippen LogP contribution < -0.4 is 0 Å². The van der Waals surface area contributed by atoms with Gasteiger partial charge in [0.25, 0.3) is 5.69 Å². The zero-order chi connectivity index (χ0) is 14.9. The Kier molecular flexibility index (Phi) is 3.92. The summed E-state index contributed by atoms with van der Waals surface area (Å²) in [7, 11) is -1.87. The van der Waals surface area contributed by atoms with Crippen molar-refractivity contribution >= 4 is 20.1 Å². The quantitative estimate of drug-likeness (QED) is 0.468. The molecule has 1 fully saturated rings. The second-order valence-electron chi connectivity index (χ2n) is 5.64. The van der Waals surface area contributed by atoms with E-state index in [9.17, 15) is 10.1 Å². The van der Waals surface area contributed by atoms with Crippen LogP contribution in [0.15, 0.2) is 41.6 Å². The molecule has 1 aliphatic heterocycles. The summed E-state index contributed by atoms with van der Waals surface area (Å²) in [5.41, 5.74) is 2.28. The van der Waals surface area contributed by atoms with Crippen LogP contribution in [0, 0.1) is 10.1 Å². The normalized spacial score (nSPS) is 23.9. The molecule has 1 atom stereocenters. The number of hydrogen-bond acceptors (Lipinski definition) is 3. The highest BCUT2D eigenvalue weighted by atomic mass is 28.4. The molecule has 1 aliphatic rings. The van der Waals surface area contributed by atoms with Gasteiger partial charge in [-0.05, 0) is 54.9 Å². The van der Waals surface area contributed by atoms with Crippen molar-refractivity contribution in [2.24, 2.45) is 0 Å². The standard InChI is InChI=1S/C15H19NO3Si/c1-11-9-14(12(2)20(3,4)19-11)10-13-5-7-15(8-6-13)16(17)18/h5-8,10-11H,2,9H2,1,3-4H3/b14-10-. The minimum atomic E-state index is -1.87. The molecule has 0 saturated carbocycles. The third-order valence-electron chi connectivity index (χ3n) is 3.56. The van der Waals surface area contributed by atoms with Gasteiger partial charge < -0.3 is 4.43 Å². The highest BCUT2D eigenvalue weighted by Crippen LogP contribution is 2.34. The van der Waals surface area contributed by atoms with Gasteiger partial charge in [0.15, 0.2) is 0 Å². The van der Waals surface area contributed by atoms with E-state index in [1.54, 1.807) is 12.1 Å². The predicted molar refractivity (Wildman–Crippen MR) is 82.9 cm³/mol. The Labute approximate surface area is 120 Å². The molecule has 106 valence electrons. The van der Waals surface area contributed by atoms with Gasteiger partial charge in [0, 0.05) is 18.2 Å². The first-order valence-electron chi connectivity index (χ1n) is 6.62. The van der Waals surface area contributed by atoms with Crippen molar-refractivity contribution in [2.45, 2.75) is 32.5 Å². The summed E-state index contributed by atoms with van der Waals surface area (Å²) in [5.74, 6) is 0. The molecule has 1 heterocycles. The van der Waals surface area contributed by atoms with E-state index in [1.807, 2.05) is 0 Å². The average Bonchev–Trinajstić information content (AvgIpc) is 2.35. The first-order valence-corrected chi connectivity index (χ1v) is 9.53. The molecule has 1 saturated heterocycles. The fraction of sp³-hybridized carbons (Fsp3) is 0.333. The molecular weight excluding hydrogens is 270 g/mol. The summed E-state index contributed by atoms with van der Waals surface area (Å²) >= 11 is 0. The lowest BCUT2D eigenvalue weighted by Gasteiger charge is -2.36. The van der Waals surface area contributed by atoms with Crippen LogP contribution in [0.25, 0.3) is 6.08 Å². The Morgan fingerprint density at radius 3 is 2.55 bits per heavy atom. The van der Waals surface area contributed by atoms with Gasteiger partial charge >= 0.3 is 0 Å². The molecule has 0 amide bonds. The topological polar surface area (TPSA) is 52.4 Å². The maximum absolute atomic E-state index is 10.6. The molecule has 0 aromatic heterocycles. The highest BCUT2D eigenvalue weighted by molar-refractivity contribution is 6.79. The van der Waals surface area contributed by atoms with E-state index in [0.29, 0.717) is 0 Å². The van der Waals surface area contributed by atoms with Crippen molar-refractivity contribution in [3.63, 3.8) is 0 Å².